The van der Waals surface area contributed by atoms with Crippen LogP contribution in [-0.2, 0) is 9.59 Å². The Morgan fingerprint density at radius 1 is 1.03 bits per heavy atom. The van der Waals surface area contributed by atoms with Crippen molar-refractivity contribution in [3.05, 3.63) is 59.7 Å². The highest BCUT2D eigenvalue weighted by molar-refractivity contribution is 5.98. The molecule has 29 heavy (non-hydrogen) atoms. The molecule has 2 aromatic carbocycles. The summed E-state index contributed by atoms with van der Waals surface area (Å²) in [4.78, 5) is 38.6. The number of amides is 3. The van der Waals surface area contributed by atoms with Crippen molar-refractivity contribution < 1.29 is 19.1 Å². The molecule has 154 valence electrons. The van der Waals surface area contributed by atoms with Crippen LogP contribution >= 0.6 is 0 Å². The van der Waals surface area contributed by atoms with Gasteiger partial charge in [0, 0.05) is 17.3 Å². The molecule has 0 atom stereocenters. The first-order chi connectivity index (χ1) is 13.8. The second-order valence-electron chi connectivity index (χ2n) is 6.95. The summed E-state index contributed by atoms with van der Waals surface area (Å²) in [6.45, 7) is 5.28. The normalized spacial score (nSPS) is 10.4. The molecular formula is C22H27N3O4. The van der Waals surface area contributed by atoms with Gasteiger partial charge in [0.25, 0.3) is 5.91 Å². The number of anilines is 1. The summed E-state index contributed by atoms with van der Waals surface area (Å²) in [6.07, 6.45) is 0. The van der Waals surface area contributed by atoms with Crippen molar-refractivity contribution in [2.45, 2.75) is 26.8 Å². The lowest BCUT2D eigenvalue weighted by Gasteiger charge is -2.26. The van der Waals surface area contributed by atoms with Crippen LogP contribution in [0.3, 0.4) is 0 Å². The van der Waals surface area contributed by atoms with Gasteiger partial charge in [-0.15, -0.1) is 0 Å². The Hall–Kier alpha value is -3.35. The van der Waals surface area contributed by atoms with Crippen molar-refractivity contribution in [3.8, 4) is 5.75 Å². The molecule has 0 aliphatic rings. The molecule has 0 heterocycles. The van der Waals surface area contributed by atoms with Gasteiger partial charge < -0.3 is 20.3 Å². The van der Waals surface area contributed by atoms with E-state index >= 15 is 0 Å². The minimum Gasteiger partial charge on any atom is -0.497 e. The van der Waals surface area contributed by atoms with Gasteiger partial charge in [-0.2, -0.15) is 0 Å². The molecule has 3 amide bonds. The van der Waals surface area contributed by atoms with Gasteiger partial charge in [0.2, 0.25) is 11.8 Å². The number of nitrogens with zero attached hydrogens (tertiary/aromatic N) is 1. The average Bonchev–Trinajstić information content (AvgIpc) is 2.70. The Balaban J connectivity index is 1.91. The number of hydrogen-bond donors (Lipinski definition) is 2. The fourth-order valence-electron chi connectivity index (χ4n) is 2.71. The summed E-state index contributed by atoms with van der Waals surface area (Å²) < 4.78 is 5.10. The number of ether oxygens (including phenoxy) is 1. The summed E-state index contributed by atoms with van der Waals surface area (Å²) >= 11 is 0. The van der Waals surface area contributed by atoms with Crippen molar-refractivity contribution in [2.24, 2.45) is 0 Å². The molecule has 0 aliphatic heterocycles. The molecular weight excluding hydrogens is 370 g/mol. The van der Waals surface area contributed by atoms with E-state index in [1.165, 1.54) is 4.90 Å². The second-order valence-corrected chi connectivity index (χ2v) is 6.95. The summed E-state index contributed by atoms with van der Waals surface area (Å²) in [7, 11) is 1.55. The molecule has 2 aromatic rings. The highest BCUT2D eigenvalue weighted by Crippen LogP contribution is 2.14. The van der Waals surface area contributed by atoms with Crippen LogP contribution in [0.25, 0.3) is 0 Å². The molecule has 0 aromatic heterocycles. The van der Waals surface area contributed by atoms with Crippen molar-refractivity contribution in [1.29, 1.82) is 0 Å². The maximum absolute atomic E-state index is 12.8. The molecule has 2 rings (SSSR count). The summed E-state index contributed by atoms with van der Waals surface area (Å²) in [6, 6.07) is 13.9. The Bertz CT molecular complexity index is 863. The Morgan fingerprint density at radius 3 is 2.31 bits per heavy atom. The minimum atomic E-state index is -0.403. The van der Waals surface area contributed by atoms with Gasteiger partial charge in [-0.25, -0.2) is 0 Å². The molecule has 7 heteroatoms. The molecule has 0 radical (unpaired) electrons. The fraction of sp³-hybridized carbons (Fsp3) is 0.318. The van der Waals surface area contributed by atoms with Crippen LogP contribution in [0.4, 0.5) is 5.69 Å². The van der Waals surface area contributed by atoms with Crippen molar-refractivity contribution >= 4 is 23.4 Å². The zero-order valence-corrected chi connectivity index (χ0v) is 17.2. The molecule has 0 spiro atoms. The van der Waals surface area contributed by atoms with Crippen LogP contribution in [0.2, 0.25) is 0 Å². The summed E-state index contributed by atoms with van der Waals surface area (Å²) in [5.74, 6) is -0.349. The number of hydrogen-bond acceptors (Lipinski definition) is 4. The number of carbonyl (C=O) groups excluding carboxylic acids is 3. The van der Waals surface area contributed by atoms with E-state index in [2.05, 4.69) is 10.6 Å². The third-order valence-electron chi connectivity index (χ3n) is 4.28. The number of benzene rings is 2. The zero-order valence-electron chi connectivity index (χ0n) is 17.2. The van der Waals surface area contributed by atoms with Gasteiger partial charge in [-0.1, -0.05) is 12.1 Å². The van der Waals surface area contributed by atoms with Gasteiger partial charge >= 0.3 is 0 Å². The summed E-state index contributed by atoms with van der Waals surface area (Å²) in [5, 5.41) is 5.29. The fourth-order valence-corrected chi connectivity index (χ4v) is 2.71. The third kappa shape index (κ3) is 6.64. The average molecular weight is 397 g/mol. The SMILES string of the molecule is COc1ccc(C(=O)N(CC(=O)NCC(=O)Nc2cccc(C)c2)C(C)C)cc1. The number of rotatable bonds is 8. The van der Waals surface area contributed by atoms with E-state index in [0.29, 0.717) is 17.0 Å². The first-order valence-electron chi connectivity index (χ1n) is 9.38. The predicted octanol–water partition coefficient (Wildman–Crippen LogP) is 2.61. The molecule has 0 saturated heterocycles. The van der Waals surface area contributed by atoms with Gasteiger partial charge in [0.15, 0.2) is 0 Å². The van der Waals surface area contributed by atoms with Gasteiger partial charge in [0.05, 0.1) is 13.7 Å². The highest BCUT2D eigenvalue weighted by atomic mass is 16.5. The predicted molar refractivity (Wildman–Crippen MR) is 112 cm³/mol. The van der Waals surface area contributed by atoms with Gasteiger partial charge in [-0.3, -0.25) is 14.4 Å². The van der Waals surface area contributed by atoms with Crippen LogP contribution in [0.1, 0.15) is 29.8 Å². The van der Waals surface area contributed by atoms with E-state index in [0.717, 1.165) is 5.56 Å². The third-order valence-corrected chi connectivity index (χ3v) is 4.28. The van der Waals surface area contributed by atoms with Gasteiger partial charge in [0.1, 0.15) is 12.3 Å². The smallest absolute Gasteiger partial charge is 0.254 e. The molecule has 2 N–H and O–H groups in total. The van der Waals surface area contributed by atoms with E-state index < -0.39 is 5.91 Å². The highest BCUT2D eigenvalue weighted by Gasteiger charge is 2.22. The van der Waals surface area contributed by atoms with E-state index in [1.807, 2.05) is 39.0 Å². The Kier molecular flexibility index (Phi) is 7.77. The second kappa shape index (κ2) is 10.3. The van der Waals surface area contributed by atoms with Crippen molar-refractivity contribution in [3.63, 3.8) is 0 Å². The Morgan fingerprint density at radius 2 is 1.72 bits per heavy atom. The molecule has 0 fully saturated rings. The van der Waals surface area contributed by atoms with Crippen LogP contribution in [-0.4, -0.2) is 48.9 Å². The van der Waals surface area contributed by atoms with Crippen LogP contribution in [0.15, 0.2) is 48.5 Å². The molecule has 7 nitrogen and oxygen atoms in total. The zero-order chi connectivity index (χ0) is 21.4. The Labute approximate surface area is 171 Å². The lowest BCUT2D eigenvalue weighted by molar-refractivity contribution is -0.124. The van der Waals surface area contributed by atoms with E-state index in [4.69, 9.17) is 4.74 Å². The van der Waals surface area contributed by atoms with E-state index in [-0.39, 0.29) is 30.9 Å². The van der Waals surface area contributed by atoms with E-state index in [9.17, 15) is 14.4 Å². The standard InChI is InChI=1S/C22H27N3O4/c1-15(2)25(22(28)17-8-10-19(29-4)11-9-17)14-21(27)23-13-20(26)24-18-7-5-6-16(3)12-18/h5-12,15H,13-14H2,1-4H3,(H,23,27)(H,24,26). The van der Waals surface area contributed by atoms with Crippen LogP contribution in [0, 0.1) is 6.92 Å². The minimum absolute atomic E-state index is 0.139. The maximum atomic E-state index is 12.8. The molecule has 0 bridgehead atoms. The topological polar surface area (TPSA) is 87.7 Å². The number of carbonyl (C=O) groups is 3. The quantitative estimate of drug-likeness (QED) is 0.717. The molecule has 0 saturated carbocycles. The largest absolute Gasteiger partial charge is 0.497 e. The van der Waals surface area contributed by atoms with E-state index in [1.54, 1.807) is 37.4 Å². The number of nitrogens with one attached hydrogen (secondary N) is 2. The lowest BCUT2D eigenvalue weighted by atomic mass is 10.1. The summed E-state index contributed by atoms with van der Waals surface area (Å²) in [5.41, 5.74) is 2.16. The monoisotopic (exact) mass is 397 g/mol. The molecule has 0 aliphatic carbocycles. The first-order valence-corrected chi connectivity index (χ1v) is 9.38. The van der Waals surface area contributed by atoms with Crippen molar-refractivity contribution in [1.82, 2.24) is 10.2 Å². The number of aryl methyl sites for hydroxylation is 1. The first kappa shape index (κ1) is 21.9. The maximum Gasteiger partial charge on any atom is 0.254 e. The van der Waals surface area contributed by atoms with Gasteiger partial charge in [-0.05, 0) is 62.7 Å². The van der Waals surface area contributed by atoms with Crippen molar-refractivity contribution in [2.75, 3.05) is 25.5 Å². The number of methoxy groups -OCH3 is 1. The molecule has 0 unspecified atom stereocenters. The lowest BCUT2D eigenvalue weighted by Crippen LogP contribution is -2.45. The van der Waals surface area contributed by atoms with Crippen LogP contribution in [0.5, 0.6) is 5.75 Å². The van der Waals surface area contributed by atoms with Crippen LogP contribution < -0.4 is 15.4 Å².